The number of allylic oxidation sites excluding steroid dienone is 1. The molecule has 0 aromatic heterocycles. The summed E-state index contributed by atoms with van der Waals surface area (Å²) in [4.78, 5) is 2.45. The lowest BCUT2D eigenvalue weighted by Gasteiger charge is -2.39. The van der Waals surface area contributed by atoms with Crippen LogP contribution in [0.15, 0.2) is 24.3 Å². The molecule has 0 bridgehead atoms. The van der Waals surface area contributed by atoms with E-state index in [0.717, 1.165) is 58.5 Å². The first-order valence-electron chi connectivity index (χ1n) is 11.3. The first kappa shape index (κ1) is 22.0. The molecule has 1 aliphatic carbocycles. The van der Waals surface area contributed by atoms with Crippen molar-refractivity contribution in [3.8, 4) is 0 Å². The maximum atomic E-state index is 6.46. The van der Waals surface area contributed by atoms with Crippen LogP contribution in [0.25, 0.3) is 0 Å². The Balaban J connectivity index is 1.48. The zero-order valence-corrected chi connectivity index (χ0v) is 18.5. The lowest BCUT2D eigenvalue weighted by molar-refractivity contribution is -0.174. The van der Waals surface area contributed by atoms with Crippen molar-refractivity contribution in [2.45, 2.75) is 84.2 Å². The molecule has 0 amide bonds. The average molecular weight is 392 g/mol. The van der Waals surface area contributed by atoms with Crippen molar-refractivity contribution in [1.29, 1.82) is 0 Å². The van der Waals surface area contributed by atoms with E-state index in [2.05, 4.69) is 45.2 Å². The minimum Gasteiger partial charge on any atom is -0.377 e. The first-order chi connectivity index (χ1) is 13.3. The number of hydrogen-bond donors (Lipinski definition) is 0. The van der Waals surface area contributed by atoms with E-state index in [0.29, 0.717) is 12.0 Å². The zero-order valence-electron chi connectivity index (χ0n) is 18.5. The second-order valence-corrected chi connectivity index (χ2v) is 9.74. The Hall–Kier alpha value is -0.680. The largest absolute Gasteiger partial charge is 0.377 e. The van der Waals surface area contributed by atoms with E-state index in [1.807, 2.05) is 6.08 Å². The predicted molar refractivity (Wildman–Crippen MR) is 114 cm³/mol. The Morgan fingerprint density at radius 1 is 1.36 bits per heavy atom. The Morgan fingerprint density at radius 2 is 2.18 bits per heavy atom. The third-order valence-electron chi connectivity index (χ3n) is 7.26. The normalized spacial score (nSPS) is 31.1. The molecular weight excluding hydrogens is 350 g/mol. The van der Waals surface area contributed by atoms with Crippen molar-refractivity contribution in [2.75, 3.05) is 32.8 Å². The van der Waals surface area contributed by atoms with Crippen LogP contribution in [0.2, 0.25) is 0 Å². The molecular formula is C24H41NO3. The van der Waals surface area contributed by atoms with Gasteiger partial charge < -0.3 is 14.2 Å². The number of nitrogens with zero attached hydrogens (tertiary/aromatic N) is 1. The molecule has 3 atom stereocenters. The van der Waals surface area contributed by atoms with Gasteiger partial charge in [-0.3, -0.25) is 4.90 Å². The Kier molecular flexibility index (Phi) is 7.41. The molecule has 0 aromatic rings. The van der Waals surface area contributed by atoms with Gasteiger partial charge in [0.2, 0.25) is 0 Å². The molecule has 3 unspecified atom stereocenters. The topological polar surface area (TPSA) is 30.9 Å². The minimum absolute atomic E-state index is 0.199. The summed E-state index contributed by atoms with van der Waals surface area (Å²) in [7, 11) is 0. The van der Waals surface area contributed by atoms with E-state index in [1.54, 1.807) is 5.57 Å². The third-order valence-corrected chi connectivity index (χ3v) is 7.26. The first-order valence-corrected chi connectivity index (χ1v) is 11.3. The molecule has 2 saturated heterocycles. The third kappa shape index (κ3) is 5.27. The minimum atomic E-state index is -0.376. The van der Waals surface area contributed by atoms with Crippen molar-refractivity contribution >= 4 is 0 Å². The van der Waals surface area contributed by atoms with Gasteiger partial charge >= 0.3 is 0 Å². The van der Waals surface area contributed by atoms with Gasteiger partial charge in [-0.2, -0.15) is 0 Å². The van der Waals surface area contributed by atoms with Crippen LogP contribution in [-0.2, 0) is 14.2 Å². The van der Waals surface area contributed by atoms with E-state index < -0.39 is 0 Å². The highest BCUT2D eigenvalue weighted by Gasteiger charge is 2.44. The fourth-order valence-corrected chi connectivity index (χ4v) is 4.60. The van der Waals surface area contributed by atoms with E-state index in [9.17, 15) is 0 Å². The monoisotopic (exact) mass is 391 g/mol. The molecule has 0 N–H and O–H groups in total. The molecule has 4 nitrogen and oxygen atoms in total. The van der Waals surface area contributed by atoms with Crippen LogP contribution in [0.5, 0.6) is 0 Å². The van der Waals surface area contributed by atoms with Gasteiger partial charge in [-0.25, -0.2) is 0 Å². The molecule has 2 aliphatic heterocycles. The van der Waals surface area contributed by atoms with Crippen LogP contribution in [0, 0.1) is 11.3 Å². The Labute approximate surface area is 172 Å². The fraction of sp³-hybridized carbons (Fsp3) is 0.833. The van der Waals surface area contributed by atoms with Gasteiger partial charge in [-0.1, -0.05) is 45.4 Å². The Bertz CT molecular complexity index is 550. The summed E-state index contributed by atoms with van der Waals surface area (Å²) in [6, 6.07) is 0. The van der Waals surface area contributed by atoms with Crippen LogP contribution >= 0.6 is 0 Å². The summed E-state index contributed by atoms with van der Waals surface area (Å²) in [6.45, 7) is 17.8. The summed E-state index contributed by atoms with van der Waals surface area (Å²) < 4.78 is 18.5. The predicted octanol–water partition coefficient (Wildman–Crippen LogP) is 4.95. The molecule has 28 heavy (non-hydrogen) atoms. The number of hydrogen-bond acceptors (Lipinski definition) is 4. The SMILES string of the molecule is C=CCN(CCC1COC2(CC=C(C(C)(C)C(C)C)CC2)O1)CC1CCCO1. The molecule has 1 spiro atoms. The molecule has 3 rings (SSSR count). The van der Waals surface area contributed by atoms with Crippen LogP contribution in [-0.4, -0.2) is 55.7 Å². The van der Waals surface area contributed by atoms with Gasteiger partial charge in [-0.05, 0) is 37.0 Å². The van der Waals surface area contributed by atoms with Crippen molar-refractivity contribution in [3.05, 3.63) is 24.3 Å². The molecule has 0 radical (unpaired) electrons. The highest BCUT2D eigenvalue weighted by molar-refractivity contribution is 5.18. The van der Waals surface area contributed by atoms with Gasteiger partial charge in [0, 0.05) is 39.1 Å². The summed E-state index contributed by atoms with van der Waals surface area (Å²) in [5.74, 6) is 0.268. The van der Waals surface area contributed by atoms with Crippen LogP contribution in [0.3, 0.4) is 0 Å². The summed E-state index contributed by atoms with van der Waals surface area (Å²) in [6.07, 6.45) is 11.3. The lowest BCUT2D eigenvalue weighted by atomic mass is 9.70. The van der Waals surface area contributed by atoms with Crippen molar-refractivity contribution < 1.29 is 14.2 Å². The van der Waals surface area contributed by atoms with Gasteiger partial charge in [0.25, 0.3) is 0 Å². The van der Waals surface area contributed by atoms with Crippen molar-refractivity contribution in [2.24, 2.45) is 11.3 Å². The summed E-state index contributed by atoms with van der Waals surface area (Å²) in [5.41, 5.74) is 1.82. The van der Waals surface area contributed by atoms with Gasteiger partial charge in [0.05, 0.1) is 18.8 Å². The second-order valence-electron chi connectivity index (χ2n) is 9.74. The molecule has 2 fully saturated rings. The lowest BCUT2D eigenvalue weighted by Crippen LogP contribution is -2.37. The number of ether oxygens (including phenoxy) is 3. The average Bonchev–Trinajstić information content (AvgIpc) is 3.31. The van der Waals surface area contributed by atoms with E-state index in [-0.39, 0.29) is 17.3 Å². The molecule has 160 valence electrons. The van der Waals surface area contributed by atoms with E-state index in [1.165, 1.54) is 12.8 Å². The molecule has 3 aliphatic rings. The summed E-state index contributed by atoms with van der Waals surface area (Å²) >= 11 is 0. The van der Waals surface area contributed by atoms with Crippen molar-refractivity contribution in [3.63, 3.8) is 0 Å². The van der Waals surface area contributed by atoms with E-state index in [4.69, 9.17) is 14.2 Å². The van der Waals surface area contributed by atoms with Gasteiger partial charge in [0.15, 0.2) is 5.79 Å². The number of rotatable bonds is 9. The zero-order chi connectivity index (χ0) is 20.2. The van der Waals surface area contributed by atoms with Crippen LogP contribution in [0.1, 0.15) is 66.2 Å². The summed E-state index contributed by atoms with van der Waals surface area (Å²) in [5, 5.41) is 0. The smallest absolute Gasteiger partial charge is 0.172 e. The quantitative estimate of drug-likeness (QED) is 0.521. The molecule has 0 aromatic carbocycles. The van der Waals surface area contributed by atoms with Crippen LogP contribution < -0.4 is 0 Å². The standard InChI is InChI=1S/C24H41NO3/c1-6-14-25(17-21-8-7-16-26-21)15-11-22-18-27-24(28-22)12-9-20(10-13-24)23(4,5)19(2)3/h6,9,19,21-22H,1,7-8,10-18H2,2-5H3. The molecule has 0 saturated carbocycles. The highest BCUT2D eigenvalue weighted by Crippen LogP contribution is 2.45. The van der Waals surface area contributed by atoms with Crippen LogP contribution in [0.4, 0.5) is 0 Å². The van der Waals surface area contributed by atoms with Gasteiger partial charge in [0.1, 0.15) is 0 Å². The second kappa shape index (κ2) is 9.42. The van der Waals surface area contributed by atoms with E-state index >= 15 is 0 Å². The fourth-order valence-electron chi connectivity index (χ4n) is 4.60. The molecule has 4 heteroatoms. The van der Waals surface area contributed by atoms with Crippen molar-refractivity contribution in [1.82, 2.24) is 4.90 Å². The Morgan fingerprint density at radius 3 is 2.79 bits per heavy atom. The van der Waals surface area contributed by atoms with Gasteiger partial charge in [-0.15, -0.1) is 6.58 Å². The highest BCUT2D eigenvalue weighted by atomic mass is 16.7. The molecule has 2 heterocycles. The maximum absolute atomic E-state index is 6.46. The maximum Gasteiger partial charge on any atom is 0.172 e.